The summed E-state index contributed by atoms with van der Waals surface area (Å²) < 4.78 is 4.94. The number of ether oxygens (including phenoxy) is 1. The molecule has 0 aromatic carbocycles. The maximum absolute atomic E-state index is 11.5. The van der Waals surface area contributed by atoms with Gasteiger partial charge in [0.2, 0.25) is 0 Å². The third-order valence-electron chi connectivity index (χ3n) is 1.82. The number of pyridine rings is 1. The van der Waals surface area contributed by atoms with E-state index in [1.54, 1.807) is 20.8 Å². The van der Waals surface area contributed by atoms with Crippen molar-refractivity contribution >= 4 is 17.7 Å². The second-order valence-corrected chi connectivity index (χ2v) is 4.53. The van der Waals surface area contributed by atoms with Crippen molar-refractivity contribution in [2.24, 2.45) is 0 Å². The average Bonchev–Trinajstić information content (AvgIpc) is 2.17. The normalized spacial score (nSPS) is 10.8. The number of rotatable bonds is 2. The molecule has 3 N–H and O–H groups in total. The number of hydrogen-bond donors (Lipinski definition) is 3. The SMILES string of the molecule is CC(C)(C)OC(=O)Nc1c(C(=O)O)cc[nH]c1=O. The Kier molecular flexibility index (Phi) is 3.75. The number of aromatic carboxylic acids is 1. The second kappa shape index (κ2) is 4.91. The van der Waals surface area contributed by atoms with Crippen LogP contribution in [0.4, 0.5) is 10.5 Å². The highest BCUT2D eigenvalue weighted by Gasteiger charge is 2.20. The molecule has 0 atom stereocenters. The van der Waals surface area contributed by atoms with Crippen LogP contribution in [-0.4, -0.2) is 27.8 Å². The van der Waals surface area contributed by atoms with Gasteiger partial charge in [-0.15, -0.1) is 0 Å². The van der Waals surface area contributed by atoms with Gasteiger partial charge in [0.15, 0.2) is 0 Å². The largest absolute Gasteiger partial charge is 0.478 e. The molecule has 0 spiro atoms. The summed E-state index contributed by atoms with van der Waals surface area (Å²) in [6.07, 6.45) is 0.299. The number of aromatic amines is 1. The van der Waals surface area contributed by atoms with Crippen LogP contribution in [0.15, 0.2) is 17.1 Å². The van der Waals surface area contributed by atoms with E-state index in [2.05, 4.69) is 10.3 Å². The molecule has 1 amide bonds. The smallest absolute Gasteiger partial charge is 0.412 e. The summed E-state index contributed by atoms with van der Waals surface area (Å²) >= 11 is 0. The number of carboxylic acid groups (broad SMARTS) is 1. The number of amides is 1. The molecule has 7 heteroatoms. The monoisotopic (exact) mass is 254 g/mol. The molecule has 0 bridgehead atoms. The summed E-state index contributed by atoms with van der Waals surface area (Å²) in [5.74, 6) is -1.31. The quantitative estimate of drug-likeness (QED) is 0.739. The van der Waals surface area contributed by atoms with E-state index in [0.29, 0.717) is 0 Å². The fourth-order valence-electron chi connectivity index (χ4n) is 1.19. The van der Waals surface area contributed by atoms with E-state index in [9.17, 15) is 14.4 Å². The van der Waals surface area contributed by atoms with Crippen molar-refractivity contribution < 1.29 is 19.4 Å². The first-order valence-corrected chi connectivity index (χ1v) is 5.15. The summed E-state index contributed by atoms with van der Waals surface area (Å²) in [5.41, 5.74) is -2.10. The summed E-state index contributed by atoms with van der Waals surface area (Å²) in [6, 6.07) is 1.18. The Bertz CT molecular complexity index is 527. The predicted molar refractivity (Wildman–Crippen MR) is 63.9 cm³/mol. The van der Waals surface area contributed by atoms with Crippen molar-refractivity contribution in [3.8, 4) is 0 Å². The van der Waals surface area contributed by atoms with E-state index in [4.69, 9.17) is 9.84 Å². The molecule has 1 heterocycles. The minimum atomic E-state index is -1.31. The summed E-state index contributed by atoms with van der Waals surface area (Å²) in [6.45, 7) is 4.96. The minimum Gasteiger partial charge on any atom is -0.478 e. The number of nitrogens with one attached hydrogen (secondary N) is 2. The number of carbonyl (C=O) groups excluding carboxylic acids is 1. The van der Waals surface area contributed by atoms with Gasteiger partial charge in [0, 0.05) is 6.20 Å². The number of carbonyl (C=O) groups is 2. The van der Waals surface area contributed by atoms with Gasteiger partial charge in [-0.25, -0.2) is 9.59 Å². The molecule has 0 unspecified atom stereocenters. The van der Waals surface area contributed by atoms with E-state index in [1.807, 2.05) is 0 Å². The molecule has 0 radical (unpaired) electrons. The first-order valence-electron chi connectivity index (χ1n) is 5.15. The summed E-state index contributed by atoms with van der Waals surface area (Å²) in [4.78, 5) is 36.1. The number of H-pyrrole nitrogens is 1. The van der Waals surface area contributed by atoms with Crippen molar-refractivity contribution in [2.75, 3.05) is 5.32 Å². The zero-order valence-corrected chi connectivity index (χ0v) is 10.2. The van der Waals surface area contributed by atoms with E-state index in [1.165, 1.54) is 12.3 Å². The van der Waals surface area contributed by atoms with E-state index >= 15 is 0 Å². The van der Waals surface area contributed by atoms with Gasteiger partial charge in [0.25, 0.3) is 5.56 Å². The highest BCUT2D eigenvalue weighted by molar-refractivity contribution is 5.98. The molecule has 1 aromatic heterocycles. The highest BCUT2D eigenvalue weighted by atomic mass is 16.6. The first kappa shape index (κ1) is 13.8. The molecule has 18 heavy (non-hydrogen) atoms. The molecule has 0 aliphatic rings. The predicted octanol–water partition coefficient (Wildman–Crippen LogP) is 1.42. The molecule has 0 aliphatic heterocycles. The molecule has 0 aliphatic carbocycles. The molecule has 0 saturated heterocycles. The van der Waals surface area contributed by atoms with Gasteiger partial charge in [-0.2, -0.15) is 0 Å². The second-order valence-electron chi connectivity index (χ2n) is 4.53. The lowest BCUT2D eigenvalue weighted by Crippen LogP contribution is -2.30. The number of aromatic nitrogens is 1. The van der Waals surface area contributed by atoms with Gasteiger partial charge in [0.1, 0.15) is 11.3 Å². The van der Waals surface area contributed by atoms with Gasteiger partial charge in [-0.1, -0.05) is 0 Å². The average molecular weight is 254 g/mol. The van der Waals surface area contributed by atoms with Crippen molar-refractivity contribution in [2.45, 2.75) is 26.4 Å². The Balaban J connectivity index is 3.01. The lowest BCUT2D eigenvalue weighted by Gasteiger charge is -2.19. The van der Waals surface area contributed by atoms with Gasteiger partial charge >= 0.3 is 12.1 Å². The third kappa shape index (κ3) is 3.62. The Morgan fingerprint density at radius 2 is 2.00 bits per heavy atom. The Hall–Kier alpha value is -2.31. The number of hydrogen-bond acceptors (Lipinski definition) is 4. The maximum atomic E-state index is 11.5. The van der Waals surface area contributed by atoms with Crippen LogP contribution < -0.4 is 10.9 Å². The highest BCUT2D eigenvalue weighted by Crippen LogP contribution is 2.12. The van der Waals surface area contributed by atoms with Crippen LogP contribution in [0, 0.1) is 0 Å². The third-order valence-corrected chi connectivity index (χ3v) is 1.82. The van der Waals surface area contributed by atoms with Crippen molar-refractivity contribution in [3.05, 3.63) is 28.2 Å². The molecule has 7 nitrogen and oxygen atoms in total. The van der Waals surface area contributed by atoms with Gasteiger partial charge in [-0.3, -0.25) is 10.1 Å². The number of carboxylic acids is 1. The molecule has 0 saturated carbocycles. The van der Waals surface area contributed by atoms with E-state index < -0.39 is 23.2 Å². The zero-order chi connectivity index (χ0) is 13.9. The van der Waals surface area contributed by atoms with Crippen molar-refractivity contribution in [1.29, 1.82) is 0 Å². The first-order chi connectivity index (χ1) is 8.20. The van der Waals surface area contributed by atoms with Crippen LogP contribution in [0.5, 0.6) is 0 Å². The molecule has 98 valence electrons. The Morgan fingerprint density at radius 1 is 1.39 bits per heavy atom. The lowest BCUT2D eigenvalue weighted by molar-refractivity contribution is 0.0635. The van der Waals surface area contributed by atoms with Crippen LogP contribution in [-0.2, 0) is 4.74 Å². The van der Waals surface area contributed by atoms with E-state index in [0.717, 1.165) is 0 Å². The van der Waals surface area contributed by atoms with Crippen LogP contribution in [0.25, 0.3) is 0 Å². The Morgan fingerprint density at radius 3 is 2.50 bits per heavy atom. The number of anilines is 1. The molecule has 0 fully saturated rings. The molecular formula is C11H14N2O5. The fourth-order valence-corrected chi connectivity index (χ4v) is 1.19. The summed E-state index contributed by atoms with van der Waals surface area (Å²) in [5, 5.41) is 11.0. The topological polar surface area (TPSA) is 108 Å². The van der Waals surface area contributed by atoms with Crippen LogP contribution in [0.2, 0.25) is 0 Å². The van der Waals surface area contributed by atoms with Gasteiger partial charge in [-0.05, 0) is 26.8 Å². The van der Waals surface area contributed by atoms with Gasteiger partial charge in [0.05, 0.1) is 5.56 Å². The van der Waals surface area contributed by atoms with Crippen LogP contribution >= 0.6 is 0 Å². The van der Waals surface area contributed by atoms with Crippen molar-refractivity contribution in [3.63, 3.8) is 0 Å². The van der Waals surface area contributed by atoms with Crippen molar-refractivity contribution in [1.82, 2.24) is 4.98 Å². The lowest BCUT2D eigenvalue weighted by atomic mass is 10.2. The maximum Gasteiger partial charge on any atom is 0.412 e. The van der Waals surface area contributed by atoms with Gasteiger partial charge < -0.3 is 14.8 Å². The molecular weight excluding hydrogens is 240 g/mol. The Labute approximate surface area is 103 Å². The van der Waals surface area contributed by atoms with Crippen LogP contribution in [0.1, 0.15) is 31.1 Å². The molecule has 1 rings (SSSR count). The molecule has 1 aromatic rings. The zero-order valence-electron chi connectivity index (χ0n) is 10.2. The van der Waals surface area contributed by atoms with E-state index in [-0.39, 0.29) is 11.3 Å². The van der Waals surface area contributed by atoms with Crippen LogP contribution in [0.3, 0.4) is 0 Å². The summed E-state index contributed by atoms with van der Waals surface area (Å²) in [7, 11) is 0. The standard InChI is InChI=1S/C11H14N2O5/c1-11(2,3)18-10(17)13-7-6(9(15)16)4-5-12-8(7)14/h4-5H,1-3H3,(H,12,14)(H,13,17)(H,15,16). The fraction of sp³-hybridized carbons (Fsp3) is 0.364. The minimum absolute atomic E-state index is 0.301.